The van der Waals surface area contributed by atoms with Crippen molar-refractivity contribution >= 4 is 16.0 Å². The molecule has 2 rings (SSSR count). The fourth-order valence-corrected chi connectivity index (χ4v) is 3.72. The summed E-state index contributed by atoms with van der Waals surface area (Å²) in [6.07, 6.45) is 1.77. The first-order chi connectivity index (χ1) is 9.50. The van der Waals surface area contributed by atoms with Crippen LogP contribution in [0.4, 0.5) is 0 Å². The van der Waals surface area contributed by atoms with Gasteiger partial charge in [-0.25, -0.2) is 13.4 Å². The third kappa shape index (κ3) is 2.50. The Labute approximate surface area is 116 Å². The molecule has 106 valence electrons. The molecular weight excluding hydrogens is 282 g/mol. The van der Waals surface area contributed by atoms with Gasteiger partial charge in [0.05, 0.1) is 13.0 Å². The Bertz CT molecular complexity index is 666. The van der Waals surface area contributed by atoms with Crippen LogP contribution in [-0.2, 0) is 19.6 Å². The van der Waals surface area contributed by atoms with Crippen molar-refractivity contribution in [3.63, 3.8) is 0 Å². The van der Waals surface area contributed by atoms with Gasteiger partial charge in [-0.3, -0.25) is 4.79 Å². The van der Waals surface area contributed by atoms with Crippen molar-refractivity contribution in [2.75, 3.05) is 20.2 Å². The number of hydrogen-bond acceptors (Lipinski definition) is 6. The first-order valence-corrected chi connectivity index (χ1v) is 7.37. The van der Waals surface area contributed by atoms with Gasteiger partial charge in [0.15, 0.2) is 5.69 Å². The Kier molecular flexibility index (Phi) is 4.01. The molecule has 0 N–H and O–H groups in total. The summed E-state index contributed by atoms with van der Waals surface area (Å²) >= 11 is 0. The van der Waals surface area contributed by atoms with Gasteiger partial charge in [0.2, 0.25) is 10.0 Å². The second kappa shape index (κ2) is 5.56. The number of ether oxygens (including phenoxy) is 1. The van der Waals surface area contributed by atoms with Crippen LogP contribution in [0.1, 0.15) is 12.1 Å². The van der Waals surface area contributed by atoms with Crippen LogP contribution in [0, 0.1) is 17.2 Å². The van der Waals surface area contributed by atoms with Gasteiger partial charge >= 0.3 is 5.97 Å². The van der Waals surface area contributed by atoms with E-state index in [4.69, 9.17) is 5.26 Å². The van der Waals surface area contributed by atoms with E-state index in [0.29, 0.717) is 6.42 Å². The van der Waals surface area contributed by atoms with Crippen LogP contribution < -0.4 is 0 Å². The highest BCUT2D eigenvalue weighted by atomic mass is 32.2. The van der Waals surface area contributed by atoms with Crippen molar-refractivity contribution in [1.82, 2.24) is 9.29 Å². The Hall–Kier alpha value is -1.98. The first-order valence-electron chi connectivity index (χ1n) is 5.93. The molecule has 0 radical (unpaired) electrons. The maximum atomic E-state index is 12.5. The predicted octanol–water partition coefficient (Wildman–Crippen LogP) is 0.137. The molecule has 1 aromatic heterocycles. The number of methoxy groups -OCH3 is 1. The fraction of sp³-hybridized carbons (Fsp3) is 0.417. The summed E-state index contributed by atoms with van der Waals surface area (Å²) in [5.41, 5.74) is -0.144. The van der Waals surface area contributed by atoms with Gasteiger partial charge in [0.1, 0.15) is 11.0 Å². The summed E-state index contributed by atoms with van der Waals surface area (Å²) in [6, 6.07) is 4.56. The van der Waals surface area contributed by atoms with Crippen molar-refractivity contribution in [2.24, 2.45) is 5.92 Å². The zero-order chi connectivity index (χ0) is 14.8. The molecule has 0 saturated carbocycles. The monoisotopic (exact) mass is 295 g/mol. The highest BCUT2D eigenvalue weighted by molar-refractivity contribution is 7.89. The average molecular weight is 295 g/mol. The molecule has 2 heterocycles. The number of rotatable bonds is 3. The predicted molar refractivity (Wildman–Crippen MR) is 67.8 cm³/mol. The Balaban J connectivity index is 2.29. The number of hydrogen-bond donors (Lipinski definition) is 0. The van der Waals surface area contributed by atoms with E-state index in [2.05, 4.69) is 9.72 Å². The average Bonchev–Trinajstić information content (AvgIpc) is 2.97. The molecule has 1 atom stereocenters. The second-order valence-corrected chi connectivity index (χ2v) is 6.24. The molecule has 20 heavy (non-hydrogen) atoms. The maximum absolute atomic E-state index is 12.5. The highest BCUT2D eigenvalue weighted by Crippen LogP contribution is 2.26. The van der Waals surface area contributed by atoms with Crippen LogP contribution in [-0.4, -0.2) is 43.9 Å². The first kappa shape index (κ1) is 14.4. The molecule has 8 heteroatoms. The Morgan fingerprint density at radius 1 is 1.60 bits per heavy atom. The number of pyridine rings is 1. The lowest BCUT2D eigenvalue weighted by Crippen LogP contribution is -2.31. The minimum Gasteiger partial charge on any atom is -0.469 e. The summed E-state index contributed by atoms with van der Waals surface area (Å²) in [6.45, 7) is 0.288. The minimum atomic E-state index is -3.82. The summed E-state index contributed by atoms with van der Waals surface area (Å²) in [5, 5.41) is 8.93. The number of sulfonamides is 1. The third-order valence-corrected chi connectivity index (χ3v) is 5.08. The Morgan fingerprint density at radius 3 is 3.00 bits per heavy atom. The zero-order valence-electron chi connectivity index (χ0n) is 10.8. The second-order valence-electron chi connectivity index (χ2n) is 4.33. The largest absolute Gasteiger partial charge is 0.469 e. The molecule has 1 aliphatic heterocycles. The number of esters is 1. The molecule has 0 aromatic carbocycles. The van der Waals surface area contributed by atoms with Crippen molar-refractivity contribution in [1.29, 1.82) is 5.26 Å². The van der Waals surface area contributed by atoms with E-state index in [-0.39, 0.29) is 23.7 Å². The molecule has 0 spiro atoms. The molecule has 7 nitrogen and oxygen atoms in total. The topological polar surface area (TPSA) is 100 Å². The Morgan fingerprint density at radius 2 is 2.35 bits per heavy atom. The number of aromatic nitrogens is 1. The van der Waals surface area contributed by atoms with Gasteiger partial charge < -0.3 is 4.74 Å². The molecule has 1 aromatic rings. The smallest absolute Gasteiger partial charge is 0.310 e. The van der Waals surface area contributed by atoms with Gasteiger partial charge in [-0.2, -0.15) is 9.57 Å². The van der Waals surface area contributed by atoms with Crippen LogP contribution >= 0.6 is 0 Å². The molecule has 1 unspecified atom stereocenters. The van der Waals surface area contributed by atoms with E-state index in [1.807, 2.05) is 0 Å². The van der Waals surface area contributed by atoms with Crippen LogP contribution in [0.5, 0.6) is 0 Å². The van der Waals surface area contributed by atoms with Crippen LogP contribution in [0.25, 0.3) is 0 Å². The number of nitriles is 1. The normalized spacial score (nSPS) is 19.5. The quantitative estimate of drug-likeness (QED) is 0.735. The molecule has 1 aliphatic rings. The number of nitrogens with zero attached hydrogens (tertiary/aromatic N) is 3. The molecule has 1 fully saturated rings. The van der Waals surface area contributed by atoms with E-state index in [0.717, 1.165) is 0 Å². The van der Waals surface area contributed by atoms with Gasteiger partial charge in [-0.15, -0.1) is 0 Å². The molecule has 0 bridgehead atoms. The van der Waals surface area contributed by atoms with Crippen molar-refractivity contribution in [2.45, 2.75) is 11.3 Å². The lowest BCUT2D eigenvalue weighted by molar-refractivity contribution is -0.144. The summed E-state index contributed by atoms with van der Waals surface area (Å²) in [5.74, 6) is -0.883. The zero-order valence-corrected chi connectivity index (χ0v) is 11.6. The van der Waals surface area contributed by atoms with E-state index in [1.54, 1.807) is 6.07 Å². The van der Waals surface area contributed by atoms with E-state index in [9.17, 15) is 13.2 Å². The van der Waals surface area contributed by atoms with Gasteiger partial charge in [-0.05, 0) is 18.6 Å². The van der Waals surface area contributed by atoms with Crippen molar-refractivity contribution in [3.8, 4) is 6.07 Å². The summed E-state index contributed by atoms with van der Waals surface area (Å²) < 4.78 is 30.7. The lowest BCUT2D eigenvalue weighted by Gasteiger charge is -2.16. The van der Waals surface area contributed by atoms with Crippen LogP contribution in [0.15, 0.2) is 23.2 Å². The van der Waals surface area contributed by atoms with Gasteiger partial charge in [0, 0.05) is 19.3 Å². The molecule has 0 amide bonds. The molecular formula is C12H13N3O4S. The summed E-state index contributed by atoms with van der Waals surface area (Å²) in [4.78, 5) is 15.1. The number of carbonyl (C=O) groups excluding carboxylic acids is 1. The van der Waals surface area contributed by atoms with Crippen LogP contribution in [0.2, 0.25) is 0 Å². The van der Waals surface area contributed by atoms with Crippen LogP contribution in [0.3, 0.4) is 0 Å². The lowest BCUT2D eigenvalue weighted by atomic mass is 10.1. The molecule has 0 aliphatic carbocycles. The molecule has 1 saturated heterocycles. The summed E-state index contributed by atoms with van der Waals surface area (Å²) in [7, 11) is -2.54. The van der Waals surface area contributed by atoms with Gasteiger partial charge in [-0.1, -0.05) is 0 Å². The third-order valence-electron chi connectivity index (χ3n) is 3.18. The maximum Gasteiger partial charge on any atom is 0.310 e. The highest BCUT2D eigenvalue weighted by Gasteiger charge is 2.37. The van der Waals surface area contributed by atoms with E-state index < -0.39 is 21.9 Å². The number of carbonyl (C=O) groups is 1. The van der Waals surface area contributed by atoms with E-state index >= 15 is 0 Å². The minimum absolute atomic E-state index is 0.0643. The van der Waals surface area contributed by atoms with Gasteiger partial charge in [0.25, 0.3) is 0 Å². The standard InChI is InChI=1S/C12H13N3O4S/c1-19-12(16)9-4-6-15(8-9)20(17,18)11-3-2-5-14-10(11)7-13/h2-3,5,9H,4,6,8H2,1H3. The SMILES string of the molecule is COC(=O)C1CCN(S(=O)(=O)c2cccnc2C#N)C1. The fourth-order valence-electron chi connectivity index (χ4n) is 2.13. The van der Waals surface area contributed by atoms with Crippen molar-refractivity contribution < 1.29 is 17.9 Å². The van der Waals surface area contributed by atoms with Crippen molar-refractivity contribution in [3.05, 3.63) is 24.0 Å². The van der Waals surface area contributed by atoms with E-state index in [1.165, 1.54) is 29.7 Å².